The van der Waals surface area contributed by atoms with Gasteiger partial charge in [-0.25, -0.2) is 4.68 Å². The quantitative estimate of drug-likeness (QED) is 0.455. The molecule has 29 heavy (non-hydrogen) atoms. The first-order valence-corrected chi connectivity index (χ1v) is 9.48. The zero-order valence-corrected chi connectivity index (χ0v) is 17.1. The lowest BCUT2D eigenvalue weighted by Gasteiger charge is -2.14. The molecule has 0 saturated carbocycles. The topological polar surface area (TPSA) is 72.7 Å². The Balaban J connectivity index is 1.48. The molecule has 7 heteroatoms. The lowest BCUT2D eigenvalue weighted by atomic mass is 10.1. The van der Waals surface area contributed by atoms with Crippen LogP contribution in [0.2, 0.25) is 0 Å². The minimum absolute atomic E-state index is 0.603. The highest BCUT2D eigenvalue weighted by atomic mass is 16.5. The van der Waals surface area contributed by atoms with Crippen LogP contribution in [0.25, 0.3) is 5.69 Å². The summed E-state index contributed by atoms with van der Waals surface area (Å²) in [5.74, 6) is 2.30. The Morgan fingerprint density at radius 3 is 2.55 bits per heavy atom. The van der Waals surface area contributed by atoms with Gasteiger partial charge in [0, 0.05) is 44.2 Å². The normalized spacial score (nSPS) is 11.2. The summed E-state index contributed by atoms with van der Waals surface area (Å²) in [6.45, 7) is 1.38. The van der Waals surface area contributed by atoms with Crippen LogP contribution in [0.1, 0.15) is 11.1 Å². The molecular weight excluding hydrogens is 366 g/mol. The third-order valence-electron chi connectivity index (χ3n) is 4.58. The van der Waals surface area contributed by atoms with E-state index in [1.54, 1.807) is 27.5 Å². The number of hydrogen-bond donors (Lipinski definition) is 2. The standard InChI is InChI=1S/C22H27N5O2/c1-23-22(25-16-18-7-10-20(28-2)15-21(18)29-3)24-13-11-17-5-8-19(9-6-17)27-14-4-12-26-27/h4-10,12,14-15H,11,13,16H2,1-3H3,(H2,23,24,25). The third-order valence-corrected chi connectivity index (χ3v) is 4.58. The first kappa shape index (κ1) is 20.3. The van der Waals surface area contributed by atoms with E-state index in [-0.39, 0.29) is 0 Å². The Labute approximate surface area is 171 Å². The van der Waals surface area contributed by atoms with Crippen LogP contribution in [0.15, 0.2) is 65.9 Å². The zero-order valence-electron chi connectivity index (χ0n) is 17.1. The maximum atomic E-state index is 5.44. The lowest BCUT2D eigenvalue weighted by Crippen LogP contribution is -2.37. The van der Waals surface area contributed by atoms with Crippen molar-refractivity contribution in [2.24, 2.45) is 4.99 Å². The molecule has 0 aliphatic heterocycles. The number of nitrogens with one attached hydrogen (secondary N) is 2. The summed E-state index contributed by atoms with van der Waals surface area (Å²) in [6.07, 6.45) is 4.61. The molecule has 152 valence electrons. The number of hydrogen-bond acceptors (Lipinski definition) is 4. The molecule has 2 aromatic carbocycles. The van der Waals surface area contributed by atoms with E-state index in [0.29, 0.717) is 6.54 Å². The van der Waals surface area contributed by atoms with E-state index < -0.39 is 0 Å². The molecule has 0 unspecified atom stereocenters. The maximum absolute atomic E-state index is 5.44. The van der Waals surface area contributed by atoms with E-state index >= 15 is 0 Å². The average Bonchev–Trinajstić information content (AvgIpc) is 3.31. The maximum Gasteiger partial charge on any atom is 0.191 e. The van der Waals surface area contributed by atoms with Crippen LogP contribution in [-0.4, -0.2) is 43.6 Å². The van der Waals surface area contributed by atoms with Crippen LogP contribution < -0.4 is 20.1 Å². The molecule has 0 spiro atoms. The van der Waals surface area contributed by atoms with Crippen molar-refractivity contribution in [1.29, 1.82) is 0 Å². The van der Waals surface area contributed by atoms with Crippen molar-refractivity contribution in [2.75, 3.05) is 27.8 Å². The molecule has 0 radical (unpaired) electrons. The van der Waals surface area contributed by atoms with E-state index in [1.807, 2.05) is 35.1 Å². The SMILES string of the molecule is CN=C(NCCc1ccc(-n2cccn2)cc1)NCc1ccc(OC)cc1OC. The molecule has 0 bridgehead atoms. The van der Waals surface area contributed by atoms with Gasteiger partial charge in [-0.15, -0.1) is 0 Å². The predicted molar refractivity (Wildman–Crippen MR) is 115 cm³/mol. The van der Waals surface area contributed by atoms with Gasteiger partial charge in [-0.1, -0.05) is 12.1 Å². The summed E-state index contributed by atoms with van der Waals surface area (Å²) >= 11 is 0. The monoisotopic (exact) mass is 393 g/mol. The Bertz CT molecular complexity index is 921. The number of methoxy groups -OCH3 is 2. The van der Waals surface area contributed by atoms with E-state index in [1.165, 1.54) is 5.56 Å². The van der Waals surface area contributed by atoms with Gasteiger partial charge in [-0.3, -0.25) is 4.99 Å². The highest BCUT2D eigenvalue weighted by Crippen LogP contribution is 2.24. The Morgan fingerprint density at radius 1 is 1.07 bits per heavy atom. The van der Waals surface area contributed by atoms with Gasteiger partial charge in [0.05, 0.1) is 19.9 Å². The summed E-state index contributed by atoms with van der Waals surface area (Å²) in [4.78, 5) is 4.29. The summed E-state index contributed by atoms with van der Waals surface area (Å²) < 4.78 is 12.5. The summed E-state index contributed by atoms with van der Waals surface area (Å²) in [6, 6.07) is 16.1. The number of aliphatic imine (C=N–C) groups is 1. The van der Waals surface area contributed by atoms with Gasteiger partial charge in [0.15, 0.2) is 5.96 Å². The van der Waals surface area contributed by atoms with E-state index in [4.69, 9.17) is 9.47 Å². The molecule has 0 amide bonds. The summed E-state index contributed by atoms with van der Waals surface area (Å²) in [5, 5.41) is 10.9. The minimum Gasteiger partial charge on any atom is -0.497 e. The molecule has 7 nitrogen and oxygen atoms in total. The fraction of sp³-hybridized carbons (Fsp3) is 0.273. The molecule has 2 N–H and O–H groups in total. The highest BCUT2D eigenvalue weighted by Gasteiger charge is 2.06. The number of rotatable bonds is 8. The van der Waals surface area contributed by atoms with Crippen LogP contribution in [0, 0.1) is 0 Å². The van der Waals surface area contributed by atoms with Gasteiger partial charge in [-0.05, 0) is 42.3 Å². The van der Waals surface area contributed by atoms with Crippen LogP contribution in [0.4, 0.5) is 0 Å². The van der Waals surface area contributed by atoms with E-state index in [0.717, 1.165) is 41.7 Å². The van der Waals surface area contributed by atoms with Crippen molar-refractivity contribution in [3.8, 4) is 17.2 Å². The number of nitrogens with zero attached hydrogens (tertiary/aromatic N) is 3. The molecule has 1 aromatic heterocycles. The van der Waals surface area contributed by atoms with Gasteiger partial charge in [0.25, 0.3) is 0 Å². The molecule has 0 fully saturated rings. The van der Waals surface area contributed by atoms with Crippen molar-refractivity contribution in [3.05, 3.63) is 72.1 Å². The Morgan fingerprint density at radius 2 is 1.90 bits per heavy atom. The van der Waals surface area contributed by atoms with E-state index in [2.05, 4.69) is 45.0 Å². The lowest BCUT2D eigenvalue weighted by molar-refractivity contribution is 0.390. The van der Waals surface area contributed by atoms with Crippen LogP contribution in [-0.2, 0) is 13.0 Å². The molecule has 0 atom stereocenters. The van der Waals surface area contributed by atoms with Crippen molar-refractivity contribution < 1.29 is 9.47 Å². The molecule has 0 aliphatic carbocycles. The number of benzene rings is 2. The van der Waals surface area contributed by atoms with Gasteiger partial charge in [0.1, 0.15) is 11.5 Å². The molecule has 3 rings (SSSR count). The smallest absolute Gasteiger partial charge is 0.191 e. The van der Waals surface area contributed by atoms with Crippen molar-refractivity contribution in [3.63, 3.8) is 0 Å². The molecule has 1 heterocycles. The van der Waals surface area contributed by atoms with Crippen molar-refractivity contribution in [1.82, 2.24) is 20.4 Å². The van der Waals surface area contributed by atoms with Crippen molar-refractivity contribution >= 4 is 5.96 Å². The summed E-state index contributed by atoms with van der Waals surface area (Å²) in [7, 11) is 5.06. The van der Waals surface area contributed by atoms with Gasteiger partial charge in [-0.2, -0.15) is 5.10 Å². The zero-order chi connectivity index (χ0) is 20.5. The summed E-state index contributed by atoms with van der Waals surface area (Å²) in [5.41, 5.74) is 3.34. The van der Waals surface area contributed by atoms with Crippen LogP contribution in [0.5, 0.6) is 11.5 Å². The molecular formula is C22H27N5O2. The Kier molecular flexibility index (Phi) is 7.10. The number of guanidine groups is 1. The highest BCUT2D eigenvalue weighted by molar-refractivity contribution is 5.79. The number of ether oxygens (including phenoxy) is 2. The third kappa shape index (κ3) is 5.51. The van der Waals surface area contributed by atoms with Crippen LogP contribution in [0.3, 0.4) is 0 Å². The Hall–Kier alpha value is -3.48. The minimum atomic E-state index is 0.603. The fourth-order valence-electron chi connectivity index (χ4n) is 2.96. The second-order valence-electron chi connectivity index (χ2n) is 6.40. The molecule has 3 aromatic rings. The van der Waals surface area contributed by atoms with E-state index in [9.17, 15) is 0 Å². The first-order valence-electron chi connectivity index (χ1n) is 9.48. The van der Waals surface area contributed by atoms with Gasteiger partial charge < -0.3 is 20.1 Å². The van der Waals surface area contributed by atoms with Crippen molar-refractivity contribution in [2.45, 2.75) is 13.0 Å². The fourth-order valence-corrected chi connectivity index (χ4v) is 2.96. The molecule has 0 aliphatic rings. The van der Waals surface area contributed by atoms with Gasteiger partial charge >= 0.3 is 0 Å². The number of aromatic nitrogens is 2. The first-order chi connectivity index (χ1) is 14.2. The van der Waals surface area contributed by atoms with Gasteiger partial charge in [0.2, 0.25) is 0 Å². The average molecular weight is 393 g/mol. The predicted octanol–water partition coefficient (Wildman–Crippen LogP) is 2.80. The largest absolute Gasteiger partial charge is 0.497 e. The van der Waals surface area contributed by atoms with Crippen LogP contribution >= 0.6 is 0 Å². The second-order valence-corrected chi connectivity index (χ2v) is 6.40. The second kappa shape index (κ2) is 10.2. The molecule has 0 saturated heterocycles.